The Morgan fingerprint density at radius 2 is 1.84 bits per heavy atom. The maximum Gasteiger partial charge on any atom is 0.496 e. The lowest BCUT2D eigenvalue weighted by molar-refractivity contribution is -0.542. The van der Waals surface area contributed by atoms with Crippen LogP contribution in [-0.2, 0) is 9.53 Å². The van der Waals surface area contributed by atoms with Gasteiger partial charge in [0.2, 0.25) is 5.78 Å². The number of amidine groups is 1. The summed E-state index contributed by atoms with van der Waals surface area (Å²) in [5.41, 5.74) is 4.76. The second kappa shape index (κ2) is 6.53. The minimum atomic E-state index is -4.81. The lowest BCUT2D eigenvalue weighted by atomic mass is 10.3. The van der Waals surface area contributed by atoms with Crippen molar-refractivity contribution in [3.8, 4) is 0 Å². The number of hydrazine groups is 1. The Labute approximate surface area is 121 Å². The van der Waals surface area contributed by atoms with E-state index in [1.54, 1.807) is 0 Å². The standard InChI is InChI=1S/C8H9Cl3F3N3O2/c1-19-4(2-5(18)7(9,10)11)3-17(16)6(15)8(12,13)14/h2,15H,3,16H2,1H3/p+1/b4-2+. The van der Waals surface area contributed by atoms with Crippen molar-refractivity contribution < 1.29 is 27.4 Å². The molecule has 0 aliphatic rings. The lowest BCUT2D eigenvalue weighted by Crippen LogP contribution is -2.44. The molecule has 110 valence electrons. The van der Waals surface area contributed by atoms with Gasteiger partial charge in [0.05, 0.1) is 7.11 Å². The largest absolute Gasteiger partial charge is 0.497 e. The highest BCUT2D eigenvalue weighted by atomic mass is 35.6. The molecular weight excluding hydrogens is 333 g/mol. The van der Waals surface area contributed by atoms with Crippen molar-refractivity contribution in [2.24, 2.45) is 11.6 Å². The van der Waals surface area contributed by atoms with E-state index < -0.39 is 28.1 Å². The van der Waals surface area contributed by atoms with Crippen molar-refractivity contribution in [2.75, 3.05) is 13.7 Å². The molecule has 0 aliphatic heterocycles. The highest BCUT2D eigenvalue weighted by molar-refractivity contribution is 6.77. The molecule has 0 fully saturated rings. The third-order valence-electron chi connectivity index (χ3n) is 1.76. The molecule has 0 radical (unpaired) electrons. The molecule has 0 saturated heterocycles. The van der Waals surface area contributed by atoms with Gasteiger partial charge in [0.15, 0.2) is 6.54 Å². The zero-order chi connectivity index (χ0) is 15.4. The van der Waals surface area contributed by atoms with Crippen LogP contribution in [0.3, 0.4) is 0 Å². The quantitative estimate of drug-likeness (QED) is 0.118. The molecule has 0 saturated carbocycles. The zero-order valence-electron chi connectivity index (χ0n) is 9.47. The molecule has 0 spiro atoms. The first-order chi connectivity index (χ1) is 8.39. The number of rotatable bonds is 4. The Balaban J connectivity index is 5.15. The zero-order valence-corrected chi connectivity index (χ0v) is 11.7. The highest BCUT2D eigenvalue weighted by Crippen LogP contribution is 2.28. The Hall–Kier alpha value is -0.860. The van der Waals surface area contributed by atoms with Crippen LogP contribution in [0.4, 0.5) is 13.2 Å². The number of ketones is 1. The SMILES string of the molecule is CO/C(=C/C(=O)C(Cl)(Cl)Cl)C/[N+](N)=C(/N)C(F)(F)F. The number of allylic oxidation sites excluding steroid dienone is 1. The van der Waals surface area contributed by atoms with Crippen LogP contribution in [0.25, 0.3) is 0 Å². The monoisotopic (exact) mass is 342 g/mol. The number of alkyl halides is 6. The fraction of sp³-hybridized carbons (Fsp3) is 0.500. The van der Waals surface area contributed by atoms with Crippen molar-refractivity contribution in [3.05, 3.63) is 11.8 Å². The van der Waals surface area contributed by atoms with E-state index in [0.717, 1.165) is 13.2 Å². The van der Waals surface area contributed by atoms with Gasteiger partial charge in [-0.3, -0.25) is 16.4 Å². The maximum atomic E-state index is 12.2. The van der Waals surface area contributed by atoms with E-state index in [9.17, 15) is 18.0 Å². The van der Waals surface area contributed by atoms with Crippen molar-refractivity contribution in [3.63, 3.8) is 0 Å². The minimum Gasteiger partial charge on any atom is -0.497 e. The second-order valence-electron chi connectivity index (χ2n) is 3.19. The maximum absolute atomic E-state index is 12.2. The summed E-state index contributed by atoms with van der Waals surface area (Å²) < 4.78 is 39.3. The van der Waals surface area contributed by atoms with Gasteiger partial charge in [0, 0.05) is 6.08 Å². The molecule has 0 heterocycles. The summed E-state index contributed by atoms with van der Waals surface area (Å²) in [6.07, 6.45) is -4.09. The van der Waals surface area contributed by atoms with Gasteiger partial charge in [-0.15, -0.1) is 0 Å². The van der Waals surface area contributed by atoms with E-state index in [1.165, 1.54) is 0 Å². The fourth-order valence-electron chi connectivity index (χ4n) is 0.813. The molecule has 0 amide bonds. The van der Waals surface area contributed by atoms with E-state index in [-0.39, 0.29) is 10.4 Å². The van der Waals surface area contributed by atoms with Crippen LogP contribution in [0.1, 0.15) is 0 Å². The van der Waals surface area contributed by atoms with Gasteiger partial charge >= 0.3 is 12.0 Å². The van der Waals surface area contributed by atoms with Gasteiger partial charge in [-0.1, -0.05) is 34.8 Å². The summed E-state index contributed by atoms with van der Waals surface area (Å²) in [5.74, 6) is 2.28. The van der Waals surface area contributed by atoms with Gasteiger partial charge in [0.25, 0.3) is 3.79 Å². The second-order valence-corrected chi connectivity index (χ2v) is 5.47. The predicted octanol–water partition coefficient (Wildman–Crippen LogP) is 1.26. The number of nitrogens with two attached hydrogens (primary N) is 2. The molecule has 0 rings (SSSR count). The summed E-state index contributed by atoms with van der Waals surface area (Å²) in [5, 5.41) is 0. The van der Waals surface area contributed by atoms with Gasteiger partial charge in [-0.2, -0.15) is 17.9 Å². The van der Waals surface area contributed by atoms with Crippen molar-refractivity contribution in [2.45, 2.75) is 9.97 Å². The Morgan fingerprint density at radius 1 is 1.37 bits per heavy atom. The first-order valence-corrected chi connectivity index (χ1v) is 5.60. The van der Waals surface area contributed by atoms with Crippen molar-refractivity contribution >= 4 is 46.4 Å². The number of carbonyl (C=O) groups is 1. The Kier molecular flexibility index (Phi) is 6.24. The molecule has 0 aromatic carbocycles. The van der Waals surface area contributed by atoms with Crippen molar-refractivity contribution in [1.29, 1.82) is 0 Å². The van der Waals surface area contributed by atoms with Gasteiger partial charge in [-0.25, -0.2) is 0 Å². The molecule has 0 aromatic rings. The van der Waals surface area contributed by atoms with E-state index in [1.807, 2.05) is 0 Å². The van der Waals surface area contributed by atoms with Crippen LogP contribution in [0, 0.1) is 0 Å². The number of ether oxygens (including phenoxy) is 1. The molecule has 0 aliphatic carbocycles. The minimum absolute atomic E-state index is 0.154. The van der Waals surface area contributed by atoms with Crippen LogP contribution in [0.5, 0.6) is 0 Å². The molecular formula is C8H10Cl3F3N3O2+. The van der Waals surface area contributed by atoms with E-state index in [4.69, 9.17) is 46.4 Å². The van der Waals surface area contributed by atoms with Gasteiger partial charge in [-0.05, 0) is 0 Å². The van der Waals surface area contributed by atoms with Gasteiger partial charge < -0.3 is 4.74 Å². The van der Waals surface area contributed by atoms with Crippen LogP contribution in [0.2, 0.25) is 0 Å². The molecule has 19 heavy (non-hydrogen) atoms. The number of hydrazone groups is 1. The van der Waals surface area contributed by atoms with Crippen LogP contribution >= 0.6 is 34.8 Å². The first kappa shape index (κ1) is 18.1. The number of hydrogen-bond donors (Lipinski definition) is 2. The number of carbonyl (C=O) groups excluding carboxylic acids is 1. The van der Waals surface area contributed by atoms with Gasteiger partial charge in [0.1, 0.15) is 5.76 Å². The van der Waals surface area contributed by atoms with E-state index in [2.05, 4.69) is 4.74 Å². The number of hydrogen-bond acceptors (Lipinski definition) is 3. The summed E-state index contributed by atoms with van der Waals surface area (Å²) in [6.45, 7) is -0.631. The van der Waals surface area contributed by atoms with Crippen LogP contribution in [-0.4, -0.2) is 39.9 Å². The summed E-state index contributed by atoms with van der Waals surface area (Å²) in [4.78, 5) is 11.3. The molecule has 0 aromatic heterocycles. The molecule has 0 unspecified atom stereocenters. The smallest absolute Gasteiger partial charge is 0.496 e. The molecule has 4 N–H and O–H groups in total. The Morgan fingerprint density at radius 3 is 2.16 bits per heavy atom. The Bertz CT molecular complexity index is 416. The molecule has 5 nitrogen and oxygen atoms in total. The third-order valence-corrected chi connectivity index (χ3v) is 2.32. The summed E-state index contributed by atoms with van der Waals surface area (Å²) in [6, 6.07) is 0. The molecule has 11 heteroatoms. The topological polar surface area (TPSA) is 81.3 Å². The first-order valence-electron chi connectivity index (χ1n) is 4.47. The molecule has 0 bridgehead atoms. The average molecular weight is 344 g/mol. The summed E-state index contributed by atoms with van der Waals surface area (Å²) in [7, 11) is 1.11. The highest BCUT2D eigenvalue weighted by Gasteiger charge is 2.41. The summed E-state index contributed by atoms with van der Waals surface area (Å²) >= 11 is 15.8. The lowest BCUT2D eigenvalue weighted by Gasteiger charge is -2.10. The van der Waals surface area contributed by atoms with Crippen LogP contribution < -0.4 is 11.6 Å². The third kappa shape index (κ3) is 6.22. The van der Waals surface area contributed by atoms with E-state index >= 15 is 0 Å². The van der Waals surface area contributed by atoms with Crippen molar-refractivity contribution in [1.82, 2.24) is 0 Å². The molecule has 0 atom stereocenters. The predicted molar refractivity (Wildman–Crippen MR) is 65.0 cm³/mol. The van der Waals surface area contributed by atoms with Crippen LogP contribution in [0.15, 0.2) is 11.8 Å². The number of halogens is 6. The average Bonchev–Trinajstić information content (AvgIpc) is 2.24. The normalized spacial score (nSPS) is 15.0. The van der Waals surface area contributed by atoms with E-state index in [0.29, 0.717) is 0 Å². The fourth-order valence-corrected chi connectivity index (χ4v) is 0.977. The number of nitrogens with zero attached hydrogens (tertiary/aromatic N) is 1. The number of methoxy groups -OCH3 is 1.